The lowest BCUT2D eigenvalue weighted by molar-refractivity contribution is -0.142. The topological polar surface area (TPSA) is 352 Å². The smallest absolute Gasteiger partial charge is 0.326 e. The number of hydrogen-bond acceptors (Lipinski definition) is 11. The molecule has 0 bridgehead atoms. The molecular formula is C46H63N11O10. The summed E-state index contributed by atoms with van der Waals surface area (Å²) in [5.41, 5.74) is 19.2. The Morgan fingerprint density at radius 1 is 0.582 bits per heavy atom. The minimum Gasteiger partial charge on any atom is -0.480 e. The zero-order valence-corrected chi connectivity index (χ0v) is 37.6. The summed E-state index contributed by atoms with van der Waals surface area (Å²) >= 11 is 0. The van der Waals surface area contributed by atoms with Crippen LogP contribution in [0.5, 0.6) is 0 Å². The molecule has 3 rings (SSSR count). The Morgan fingerprint density at radius 2 is 1.04 bits per heavy atom. The molecule has 0 fully saturated rings. The molecule has 0 aliphatic heterocycles. The van der Waals surface area contributed by atoms with Crippen molar-refractivity contribution < 1.29 is 48.6 Å². The summed E-state index contributed by atoms with van der Waals surface area (Å²) in [5.74, 6) is -7.39. The number of aliphatic imine (C=N–C) groups is 1. The van der Waals surface area contributed by atoms with Gasteiger partial charge in [0.2, 0.25) is 41.4 Å². The molecule has 0 spiro atoms. The lowest BCUT2D eigenvalue weighted by Gasteiger charge is -2.27. The molecule has 0 aliphatic rings. The van der Waals surface area contributed by atoms with E-state index in [1.165, 1.54) is 0 Å². The number of carbonyl (C=O) groups excluding carboxylic acids is 7. The molecule has 0 aromatic heterocycles. The fraction of sp³-hybridized carbons (Fsp3) is 0.413. The van der Waals surface area contributed by atoms with E-state index in [9.17, 15) is 48.6 Å². The number of aliphatic hydroxyl groups is 1. The first kappa shape index (κ1) is 53.9. The summed E-state index contributed by atoms with van der Waals surface area (Å²) in [6, 6.07) is 18.7. The number of rotatable bonds is 28. The van der Waals surface area contributed by atoms with Crippen molar-refractivity contribution in [1.82, 2.24) is 37.2 Å². The highest BCUT2D eigenvalue weighted by molar-refractivity contribution is 5.96. The maximum atomic E-state index is 13.8. The van der Waals surface area contributed by atoms with E-state index in [1.54, 1.807) is 74.5 Å². The van der Waals surface area contributed by atoms with E-state index < -0.39 is 109 Å². The van der Waals surface area contributed by atoms with Crippen LogP contribution in [0.2, 0.25) is 0 Å². The number of carboxylic acid groups (broad SMARTS) is 1. The minimum atomic E-state index is -1.56. The van der Waals surface area contributed by atoms with Crippen LogP contribution in [0.15, 0.2) is 96.0 Å². The Hall–Kier alpha value is -7.39. The van der Waals surface area contributed by atoms with Gasteiger partial charge in [-0.05, 0) is 41.9 Å². The number of nitrogens with one attached hydrogen (secondary N) is 7. The van der Waals surface area contributed by atoms with Crippen molar-refractivity contribution in [2.75, 3.05) is 26.2 Å². The fourth-order valence-corrected chi connectivity index (χ4v) is 6.60. The number of nitrogens with two attached hydrogens (primary N) is 3. The number of hydrogen-bond donors (Lipinski definition) is 12. The maximum Gasteiger partial charge on any atom is 0.326 e. The maximum absolute atomic E-state index is 13.8. The first-order chi connectivity index (χ1) is 32.0. The third-order valence-electron chi connectivity index (χ3n) is 10.5. The van der Waals surface area contributed by atoms with Crippen molar-refractivity contribution >= 4 is 53.3 Å². The summed E-state index contributed by atoms with van der Waals surface area (Å²) in [4.78, 5) is 109. The second-order valence-corrected chi connectivity index (χ2v) is 15.8. The molecule has 67 heavy (non-hydrogen) atoms. The summed E-state index contributed by atoms with van der Waals surface area (Å²) in [7, 11) is 0. The van der Waals surface area contributed by atoms with E-state index in [-0.39, 0.29) is 44.6 Å². The number of nitrogens with zero attached hydrogens (tertiary/aromatic N) is 1. The molecule has 3 aromatic rings. The van der Waals surface area contributed by atoms with Gasteiger partial charge in [0, 0.05) is 19.4 Å². The lowest BCUT2D eigenvalue weighted by atomic mass is 9.97. The van der Waals surface area contributed by atoms with Crippen molar-refractivity contribution in [2.45, 2.75) is 88.6 Å². The van der Waals surface area contributed by atoms with Gasteiger partial charge in [-0.15, -0.1) is 0 Å². The highest BCUT2D eigenvalue weighted by Crippen LogP contribution is 2.11. The van der Waals surface area contributed by atoms with E-state index in [2.05, 4.69) is 42.2 Å². The second-order valence-electron chi connectivity index (χ2n) is 15.8. The molecule has 0 heterocycles. The van der Waals surface area contributed by atoms with Gasteiger partial charge >= 0.3 is 5.97 Å². The average molecular weight is 930 g/mol. The van der Waals surface area contributed by atoms with Crippen LogP contribution in [0, 0.1) is 5.92 Å². The van der Waals surface area contributed by atoms with Crippen molar-refractivity contribution in [2.24, 2.45) is 28.1 Å². The highest BCUT2D eigenvalue weighted by Gasteiger charge is 2.32. The third kappa shape index (κ3) is 19.7. The van der Waals surface area contributed by atoms with Gasteiger partial charge in [-0.2, -0.15) is 0 Å². The first-order valence-corrected chi connectivity index (χ1v) is 21.8. The number of amides is 7. The zero-order valence-electron chi connectivity index (χ0n) is 37.6. The summed E-state index contributed by atoms with van der Waals surface area (Å²) in [6.45, 7) is 1.48. The van der Waals surface area contributed by atoms with Crippen LogP contribution in [0.3, 0.4) is 0 Å². The van der Waals surface area contributed by atoms with E-state index in [0.717, 1.165) is 5.56 Å². The predicted molar refractivity (Wildman–Crippen MR) is 248 cm³/mol. The molecule has 0 radical (unpaired) electrons. The largest absolute Gasteiger partial charge is 0.480 e. The van der Waals surface area contributed by atoms with Gasteiger partial charge in [0.1, 0.15) is 30.2 Å². The van der Waals surface area contributed by atoms with Gasteiger partial charge in [-0.3, -0.25) is 38.6 Å². The zero-order chi connectivity index (χ0) is 49.3. The standard InChI is InChI=1S/C46H63N11O10/c1-3-28(2)39(57-42(63)33(20-13-21-50-46(48)49)55-40(61)32(47)22-29-14-7-4-8-15-29)44(65)52-26-37(59)53-34(23-30-16-9-5-10-17-30)41(62)51-25-38(60)54-36(27-58)43(64)56-35(45(66)67)24-31-18-11-6-12-19-31/h4-12,14-19,28,32-36,39,58H,3,13,20-27,47H2,1-2H3,(H,51,62)(H,52,65)(H,53,59)(H,54,60)(H,55,61)(H,56,64)(H,57,63)(H,66,67)(H4,48,49,50)/t28-,32-,33-,34-,35-,36-,39-/m0/s1. The third-order valence-corrected chi connectivity index (χ3v) is 10.5. The predicted octanol–water partition coefficient (Wildman–Crippen LogP) is -2.13. The van der Waals surface area contributed by atoms with Crippen LogP contribution in [0.1, 0.15) is 49.8 Å². The van der Waals surface area contributed by atoms with Crippen LogP contribution < -0.4 is 54.4 Å². The molecule has 3 aromatic carbocycles. The van der Waals surface area contributed by atoms with Crippen molar-refractivity contribution in [3.05, 3.63) is 108 Å². The number of carbonyl (C=O) groups is 8. The molecule has 21 heteroatoms. The number of aliphatic hydroxyl groups excluding tert-OH is 1. The van der Waals surface area contributed by atoms with E-state index >= 15 is 0 Å². The monoisotopic (exact) mass is 929 g/mol. The SMILES string of the molecule is CC[C@H](C)[C@H](NC(=O)[C@H](CCCN=C(N)N)NC(=O)[C@@H](N)Cc1ccccc1)C(=O)NCC(=O)N[C@@H](Cc1ccccc1)C(=O)NCC(=O)N[C@@H](CO)C(=O)N[C@@H](Cc1ccccc1)C(=O)O. The molecule has 0 saturated heterocycles. The van der Waals surface area contributed by atoms with Crippen LogP contribution >= 0.6 is 0 Å². The Labute approximate surface area is 388 Å². The van der Waals surface area contributed by atoms with Crippen LogP contribution in [-0.4, -0.2) is 126 Å². The van der Waals surface area contributed by atoms with Gasteiger partial charge < -0.3 is 64.6 Å². The summed E-state index contributed by atoms with van der Waals surface area (Å²) < 4.78 is 0. The highest BCUT2D eigenvalue weighted by atomic mass is 16.4. The Kier molecular flexibility index (Phi) is 23.0. The molecule has 0 saturated carbocycles. The summed E-state index contributed by atoms with van der Waals surface area (Å²) in [6.07, 6.45) is 0.922. The van der Waals surface area contributed by atoms with Gasteiger partial charge in [0.05, 0.1) is 25.7 Å². The second kappa shape index (κ2) is 28.5. The number of guanidine groups is 1. The Bertz CT molecular complexity index is 2130. The first-order valence-electron chi connectivity index (χ1n) is 21.8. The van der Waals surface area contributed by atoms with E-state index in [0.29, 0.717) is 17.5 Å². The molecule has 21 nitrogen and oxygen atoms in total. The van der Waals surface area contributed by atoms with Crippen LogP contribution in [-0.2, 0) is 57.6 Å². The number of aliphatic carboxylic acids is 1. The minimum absolute atomic E-state index is 0.0372. The van der Waals surface area contributed by atoms with Gasteiger partial charge in [0.25, 0.3) is 0 Å². The number of carboxylic acids is 1. The number of benzene rings is 3. The molecular weight excluding hydrogens is 867 g/mol. The van der Waals surface area contributed by atoms with Gasteiger partial charge in [-0.25, -0.2) is 4.79 Å². The van der Waals surface area contributed by atoms with Crippen molar-refractivity contribution in [3.63, 3.8) is 0 Å². The van der Waals surface area contributed by atoms with E-state index in [4.69, 9.17) is 17.2 Å². The molecule has 0 aliphatic carbocycles. The quantitative estimate of drug-likeness (QED) is 0.0211. The molecule has 0 unspecified atom stereocenters. The van der Waals surface area contributed by atoms with Gasteiger partial charge in [0.15, 0.2) is 5.96 Å². The normalized spacial score (nSPS) is 13.9. The molecule has 7 atom stereocenters. The fourth-order valence-electron chi connectivity index (χ4n) is 6.60. The van der Waals surface area contributed by atoms with Crippen LogP contribution in [0.4, 0.5) is 0 Å². The lowest BCUT2D eigenvalue weighted by Crippen LogP contribution is -2.58. The van der Waals surface area contributed by atoms with Crippen LogP contribution in [0.25, 0.3) is 0 Å². The van der Waals surface area contributed by atoms with Crippen molar-refractivity contribution in [3.8, 4) is 0 Å². The molecule has 362 valence electrons. The summed E-state index contributed by atoms with van der Waals surface area (Å²) in [5, 5.41) is 37.0. The molecule has 7 amide bonds. The Morgan fingerprint density at radius 3 is 1.54 bits per heavy atom. The van der Waals surface area contributed by atoms with E-state index in [1.807, 2.05) is 30.3 Å². The van der Waals surface area contributed by atoms with Gasteiger partial charge in [-0.1, -0.05) is 111 Å². The molecule has 15 N–H and O–H groups in total. The van der Waals surface area contributed by atoms with Crippen molar-refractivity contribution in [1.29, 1.82) is 0 Å². The Balaban J connectivity index is 1.65. The average Bonchev–Trinajstić information content (AvgIpc) is 3.31.